The highest BCUT2D eigenvalue weighted by molar-refractivity contribution is 5.72. The normalized spacial score (nSPS) is 10.4. The Labute approximate surface area is 105 Å². The van der Waals surface area contributed by atoms with E-state index in [4.69, 9.17) is 10.2 Å². The van der Waals surface area contributed by atoms with Gasteiger partial charge in [-0.25, -0.2) is 4.98 Å². The second-order valence-corrected chi connectivity index (χ2v) is 3.99. The molecule has 0 aliphatic heterocycles. The van der Waals surface area contributed by atoms with Gasteiger partial charge in [-0.3, -0.25) is 0 Å². The summed E-state index contributed by atoms with van der Waals surface area (Å²) in [6.07, 6.45) is 1.65. The number of nitrogen functional groups attached to an aromatic ring is 1. The molecule has 0 bridgehead atoms. The van der Waals surface area contributed by atoms with Gasteiger partial charge in [0.05, 0.1) is 5.56 Å². The molecule has 3 aromatic rings. The van der Waals surface area contributed by atoms with Crippen molar-refractivity contribution in [2.24, 2.45) is 0 Å². The van der Waals surface area contributed by atoms with Gasteiger partial charge < -0.3 is 10.2 Å². The molecule has 0 radical (unpaired) electrons. The minimum Gasteiger partial charge on any atom is -0.444 e. The predicted octanol–water partition coefficient (Wildman–Crippen LogP) is 3.59. The molecule has 0 amide bonds. The van der Waals surface area contributed by atoms with E-state index in [-0.39, 0.29) is 0 Å². The molecule has 3 heteroatoms. The number of hydrogen-bond donors (Lipinski definition) is 1. The first-order chi connectivity index (χ1) is 8.84. The maximum atomic E-state index is 5.90. The second-order valence-electron chi connectivity index (χ2n) is 3.99. The van der Waals surface area contributed by atoms with Crippen LogP contribution in [-0.4, -0.2) is 4.98 Å². The second kappa shape index (κ2) is 4.37. The van der Waals surface area contributed by atoms with Gasteiger partial charge in [0.2, 0.25) is 5.89 Å². The number of para-hydroxylation sites is 1. The van der Waals surface area contributed by atoms with Crippen molar-refractivity contribution in [2.75, 3.05) is 5.73 Å². The lowest BCUT2D eigenvalue weighted by molar-refractivity contribution is 0.575. The standard InChI is InChI=1S/C15H12N2O/c16-13-9-5-4-8-12(13)15-17-14(10-18-15)11-6-2-1-3-7-11/h1-10H,16H2. The van der Waals surface area contributed by atoms with E-state index in [1.807, 2.05) is 54.6 Å². The molecule has 1 heterocycles. The average Bonchev–Trinajstić information content (AvgIpc) is 2.90. The summed E-state index contributed by atoms with van der Waals surface area (Å²) in [6, 6.07) is 17.4. The summed E-state index contributed by atoms with van der Waals surface area (Å²) in [6.45, 7) is 0. The lowest BCUT2D eigenvalue weighted by Gasteiger charge is -1.99. The van der Waals surface area contributed by atoms with Crippen molar-refractivity contribution in [3.63, 3.8) is 0 Å². The Balaban J connectivity index is 2.03. The van der Waals surface area contributed by atoms with Crippen LogP contribution in [0.4, 0.5) is 5.69 Å². The van der Waals surface area contributed by atoms with E-state index in [9.17, 15) is 0 Å². The molecule has 0 saturated heterocycles. The minimum atomic E-state index is 0.548. The molecule has 2 N–H and O–H groups in total. The Bertz CT molecular complexity index is 659. The summed E-state index contributed by atoms with van der Waals surface area (Å²) in [5.74, 6) is 0.548. The largest absolute Gasteiger partial charge is 0.444 e. The van der Waals surface area contributed by atoms with Crippen LogP contribution in [0.1, 0.15) is 0 Å². The van der Waals surface area contributed by atoms with E-state index in [0.717, 1.165) is 16.8 Å². The topological polar surface area (TPSA) is 52.0 Å². The van der Waals surface area contributed by atoms with Crippen LogP contribution >= 0.6 is 0 Å². The Hall–Kier alpha value is -2.55. The molecule has 0 fully saturated rings. The summed E-state index contributed by atoms with van der Waals surface area (Å²) < 4.78 is 5.49. The average molecular weight is 236 g/mol. The molecule has 2 aromatic carbocycles. The fourth-order valence-electron chi connectivity index (χ4n) is 1.83. The lowest BCUT2D eigenvalue weighted by atomic mass is 10.1. The number of oxazole rings is 1. The van der Waals surface area contributed by atoms with Gasteiger partial charge in [0.15, 0.2) is 0 Å². The summed E-state index contributed by atoms with van der Waals surface area (Å²) in [4.78, 5) is 4.46. The van der Waals surface area contributed by atoms with Gasteiger partial charge in [0, 0.05) is 11.3 Å². The van der Waals surface area contributed by atoms with Crippen LogP contribution in [0.25, 0.3) is 22.7 Å². The third-order valence-electron chi connectivity index (χ3n) is 2.76. The highest BCUT2D eigenvalue weighted by Gasteiger charge is 2.10. The van der Waals surface area contributed by atoms with Crippen molar-refractivity contribution in [1.82, 2.24) is 4.98 Å². The zero-order valence-electron chi connectivity index (χ0n) is 9.71. The first-order valence-corrected chi connectivity index (χ1v) is 5.70. The molecular weight excluding hydrogens is 224 g/mol. The Kier molecular flexibility index (Phi) is 2.57. The van der Waals surface area contributed by atoms with Gasteiger partial charge >= 0.3 is 0 Å². The van der Waals surface area contributed by atoms with Crippen LogP contribution < -0.4 is 5.73 Å². The molecule has 0 aliphatic rings. The quantitative estimate of drug-likeness (QED) is 0.692. The summed E-state index contributed by atoms with van der Waals surface area (Å²) in [7, 11) is 0. The van der Waals surface area contributed by atoms with E-state index in [1.165, 1.54) is 0 Å². The van der Waals surface area contributed by atoms with Crippen LogP contribution in [0.3, 0.4) is 0 Å². The predicted molar refractivity (Wildman–Crippen MR) is 71.8 cm³/mol. The molecule has 0 aliphatic carbocycles. The van der Waals surface area contributed by atoms with E-state index >= 15 is 0 Å². The molecule has 0 saturated carbocycles. The molecule has 88 valence electrons. The van der Waals surface area contributed by atoms with Crippen molar-refractivity contribution in [1.29, 1.82) is 0 Å². The SMILES string of the molecule is Nc1ccccc1-c1nc(-c2ccccc2)co1. The van der Waals surface area contributed by atoms with Gasteiger partial charge in [-0.15, -0.1) is 0 Å². The first kappa shape index (κ1) is 10.6. The maximum Gasteiger partial charge on any atom is 0.228 e. The summed E-state index contributed by atoms with van der Waals surface area (Å²) in [5, 5.41) is 0. The fraction of sp³-hybridized carbons (Fsp3) is 0. The highest BCUT2D eigenvalue weighted by Crippen LogP contribution is 2.27. The fourth-order valence-corrected chi connectivity index (χ4v) is 1.83. The van der Waals surface area contributed by atoms with Crippen molar-refractivity contribution in [2.45, 2.75) is 0 Å². The molecule has 0 atom stereocenters. The van der Waals surface area contributed by atoms with Crippen molar-refractivity contribution in [3.8, 4) is 22.7 Å². The molecule has 0 spiro atoms. The molecular formula is C15H12N2O. The summed E-state index contributed by atoms with van der Waals surface area (Å²) in [5.41, 5.74) is 9.23. The number of aromatic nitrogens is 1. The molecule has 3 rings (SSSR count). The van der Waals surface area contributed by atoms with Crippen LogP contribution in [0.15, 0.2) is 65.3 Å². The van der Waals surface area contributed by atoms with E-state index in [0.29, 0.717) is 11.6 Å². The minimum absolute atomic E-state index is 0.548. The summed E-state index contributed by atoms with van der Waals surface area (Å²) >= 11 is 0. The van der Waals surface area contributed by atoms with Gasteiger partial charge in [-0.05, 0) is 12.1 Å². The lowest BCUT2D eigenvalue weighted by Crippen LogP contribution is -1.89. The van der Waals surface area contributed by atoms with Gasteiger partial charge in [0.1, 0.15) is 12.0 Å². The van der Waals surface area contributed by atoms with Gasteiger partial charge in [-0.1, -0.05) is 42.5 Å². The van der Waals surface area contributed by atoms with E-state index in [1.54, 1.807) is 6.26 Å². The smallest absolute Gasteiger partial charge is 0.228 e. The highest BCUT2D eigenvalue weighted by atomic mass is 16.3. The monoisotopic (exact) mass is 236 g/mol. The van der Waals surface area contributed by atoms with Crippen molar-refractivity contribution in [3.05, 3.63) is 60.9 Å². The van der Waals surface area contributed by atoms with Gasteiger partial charge in [0.25, 0.3) is 0 Å². The van der Waals surface area contributed by atoms with Crippen LogP contribution in [-0.2, 0) is 0 Å². The number of nitrogens with zero attached hydrogens (tertiary/aromatic N) is 1. The van der Waals surface area contributed by atoms with E-state index in [2.05, 4.69) is 4.98 Å². The maximum absolute atomic E-state index is 5.90. The number of anilines is 1. The molecule has 3 nitrogen and oxygen atoms in total. The third-order valence-corrected chi connectivity index (χ3v) is 2.76. The molecule has 1 aromatic heterocycles. The zero-order chi connectivity index (χ0) is 12.4. The number of nitrogens with two attached hydrogens (primary N) is 1. The van der Waals surface area contributed by atoms with Crippen molar-refractivity contribution >= 4 is 5.69 Å². The Morgan fingerprint density at radius 2 is 1.61 bits per heavy atom. The van der Waals surface area contributed by atoms with Crippen LogP contribution in [0.5, 0.6) is 0 Å². The Morgan fingerprint density at radius 3 is 2.39 bits per heavy atom. The van der Waals surface area contributed by atoms with E-state index < -0.39 is 0 Å². The Morgan fingerprint density at radius 1 is 0.889 bits per heavy atom. The number of rotatable bonds is 2. The molecule has 18 heavy (non-hydrogen) atoms. The van der Waals surface area contributed by atoms with Gasteiger partial charge in [-0.2, -0.15) is 0 Å². The third kappa shape index (κ3) is 1.86. The molecule has 0 unspecified atom stereocenters. The number of hydrogen-bond acceptors (Lipinski definition) is 3. The van der Waals surface area contributed by atoms with Crippen molar-refractivity contribution < 1.29 is 4.42 Å². The van der Waals surface area contributed by atoms with Crippen LogP contribution in [0, 0.1) is 0 Å². The zero-order valence-corrected chi connectivity index (χ0v) is 9.71. The van der Waals surface area contributed by atoms with Crippen LogP contribution in [0.2, 0.25) is 0 Å². The first-order valence-electron chi connectivity index (χ1n) is 5.70. The number of benzene rings is 2.